The van der Waals surface area contributed by atoms with Crippen LogP contribution < -0.4 is 15.6 Å². The summed E-state index contributed by atoms with van der Waals surface area (Å²) in [5, 5.41) is 12.5. The normalized spacial score (nSPS) is 13.5. The average Bonchev–Trinajstić information content (AvgIpc) is 3.26. The molecule has 2 N–H and O–H groups in total. The van der Waals surface area contributed by atoms with E-state index in [0.29, 0.717) is 16.4 Å². The number of rotatable bonds is 4. The number of nitrogens with zero attached hydrogens (tertiary/aromatic N) is 3. The van der Waals surface area contributed by atoms with E-state index < -0.39 is 0 Å². The van der Waals surface area contributed by atoms with Crippen molar-refractivity contribution in [2.75, 3.05) is 22.2 Å². The van der Waals surface area contributed by atoms with Crippen LogP contribution in [0.4, 0.5) is 16.5 Å². The third-order valence-corrected chi connectivity index (χ3v) is 5.27. The maximum Gasteiger partial charge on any atom is 0.257 e. The predicted octanol–water partition coefficient (Wildman–Crippen LogP) is 4.09. The highest BCUT2D eigenvalue weighted by atomic mass is 32.1. The monoisotopic (exact) mass is 393 g/mol. The molecule has 3 aromatic rings. The van der Waals surface area contributed by atoms with Crippen LogP contribution in [0, 0.1) is 0 Å². The summed E-state index contributed by atoms with van der Waals surface area (Å²) in [5.74, 6) is -0.343. The number of amides is 2. The van der Waals surface area contributed by atoms with Crippen molar-refractivity contribution in [3.63, 3.8) is 0 Å². The first-order valence-corrected chi connectivity index (χ1v) is 9.71. The Kier molecular flexibility index (Phi) is 4.79. The van der Waals surface area contributed by atoms with Crippen LogP contribution in [0.25, 0.3) is 10.2 Å². The number of hydrogen-bond acceptors (Lipinski definition) is 6. The van der Waals surface area contributed by atoms with Crippen molar-refractivity contribution in [2.45, 2.75) is 20.3 Å². The van der Waals surface area contributed by atoms with Crippen molar-refractivity contribution < 1.29 is 9.59 Å². The number of aromatic nitrogens is 1. The molecule has 1 aliphatic heterocycles. The van der Waals surface area contributed by atoms with E-state index in [9.17, 15) is 9.59 Å². The van der Waals surface area contributed by atoms with Gasteiger partial charge < -0.3 is 5.32 Å². The lowest BCUT2D eigenvalue weighted by atomic mass is 10.2. The number of thiazole rings is 1. The van der Waals surface area contributed by atoms with Gasteiger partial charge in [-0.25, -0.2) is 4.98 Å². The van der Waals surface area contributed by atoms with E-state index in [1.165, 1.54) is 18.3 Å². The van der Waals surface area contributed by atoms with E-state index in [4.69, 9.17) is 0 Å². The second-order valence-electron chi connectivity index (χ2n) is 6.59. The molecule has 0 saturated carbocycles. The third-order valence-electron chi connectivity index (χ3n) is 4.33. The van der Waals surface area contributed by atoms with E-state index in [1.54, 1.807) is 18.2 Å². The molecule has 7 nitrogen and oxygen atoms in total. The molecule has 28 heavy (non-hydrogen) atoms. The Labute approximate surface area is 166 Å². The summed E-state index contributed by atoms with van der Waals surface area (Å²) in [5.41, 5.74) is 4.11. The molecule has 1 aliphatic rings. The molecule has 0 saturated heterocycles. The zero-order valence-corrected chi connectivity index (χ0v) is 16.3. The van der Waals surface area contributed by atoms with Gasteiger partial charge in [0.1, 0.15) is 0 Å². The highest BCUT2D eigenvalue weighted by Gasteiger charge is 2.14. The molecule has 0 atom stereocenters. The van der Waals surface area contributed by atoms with Crippen molar-refractivity contribution in [1.82, 2.24) is 4.98 Å². The molecule has 0 aliphatic carbocycles. The summed E-state index contributed by atoms with van der Waals surface area (Å²) in [7, 11) is 0. The Hall–Kier alpha value is -3.26. The fourth-order valence-corrected chi connectivity index (χ4v) is 3.87. The first-order valence-electron chi connectivity index (χ1n) is 8.89. The molecule has 2 aromatic carbocycles. The molecular weight excluding hydrogens is 374 g/mol. The quantitative estimate of drug-likeness (QED) is 0.699. The highest BCUT2D eigenvalue weighted by molar-refractivity contribution is 7.22. The molecule has 0 fully saturated rings. The zero-order valence-electron chi connectivity index (χ0n) is 15.5. The topological polar surface area (TPSA) is 86.7 Å². The number of fused-ring (bicyclic) bond motifs is 1. The molecule has 0 radical (unpaired) electrons. The van der Waals surface area contributed by atoms with Crippen molar-refractivity contribution in [3.05, 3.63) is 48.0 Å². The molecular formula is C20H19N5O2S. The maximum atomic E-state index is 12.5. The van der Waals surface area contributed by atoms with Crippen molar-refractivity contribution in [2.24, 2.45) is 5.10 Å². The van der Waals surface area contributed by atoms with E-state index in [2.05, 4.69) is 20.7 Å². The first-order chi connectivity index (χ1) is 13.5. The molecule has 4 rings (SSSR count). The molecule has 8 heteroatoms. The van der Waals surface area contributed by atoms with Gasteiger partial charge in [0.2, 0.25) is 5.91 Å². The van der Waals surface area contributed by atoms with Gasteiger partial charge in [-0.2, -0.15) is 5.10 Å². The Morgan fingerprint density at radius 3 is 2.57 bits per heavy atom. The van der Waals surface area contributed by atoms with Crippen LogP contribution in [0.3, 0.4) is 0 Å². The minimum atomic E-state index is -0.214. The van der Waals surface area contributed by atoms with Crippen molar-refractivity contribution in [1.29, 1.82) is 0 Å². The van der Waals surface area contributed by atoms with E-state index in [0.717, 1.165) is 34.6 Å². The number of anilines is 3. The summed E-state index contributed by atoms with van der Waals surface area (Å²) in [6, 6.07) is 12.8. The fraction of sp³-hybridized carbons (Fsp3) is 0.200. The smallest absolute Gasteiger partial charge is 0.257 e. The lowest BCUT2D eigenvalue weighted by Crippen LogP contribution is -2.14. The molecule has 142 valence electrons. The predicted molar refractivity (Wildman–Crippen MR) is 113 cm³/mol. The van der Waals surface area contributed by atoms with Crippen molar-refractivity contribution in [3.8, 4) is 0 Å². The summed E-state index contributed by atoms with van der Waals surface area (Å²) in [6.45, 7) is 4.34. The zero-order chi connectivity index (χ0) is 19.7. The molecule has 0 bridgehead atoms. The molecule has 0 spiro atoms. The number of hydrogen-bond donors (Lipinski definition) is 2. The Balaban J connectivity index is 1.47. The van der Waals surface area contributed by atoms with Gasteiger partial charge in [-0.15, -0.1) is 0 Å². The average molecular weight is 393 g/mol. The molecule has 0 unspecified atom stereocenters. The summed E-state index contributed by atoms with van der Waals surface area (Å²) in [4.78, 5) is 28.2. The largest absolute Gasteiger partial charge is 0.326 e. The SMILES string of the molecule is CC(=O)Nc1ccc2nc(NC(=O)c3ccc(N4CCC(C)=N4)cc3)sc2c1. The first kappa shape index (κ1) is 18.1. The minimum Gasteiger partial charge on any atom is -0.326 e. The van der Waals surface area contributed by atoms with Crippen LogP contribution in [-0.4, -0.2) is 29.1 Å². The molecule has 1 aromatic heterocycles. The van der Waals surface area contributed by atoms with Crippen LogP contribution >= 0.6 is 11.3 Å². The fourth-order valence-electron chi connectivity index (χ4n) is 2.97. The second kappa shape index (κ2) is 7.40. The van der Waals surface area contributed by atoms with Crippen LogP contribution in [0.5, 0.6) is 0 Å². The Morgan fingerprint density at radius 2 is 1.89 bits per heavy atom. The van der Waals surface area contributed by atoms with Gasteiger partial charge >= 0.3 is 0 Å². The highest BCUT2D eigenvalue weighted by Crippen LogP contribution is 2.29. The van der Waals surface area contributed by atoms with Gasteiger partial charge in [0.15, 0.2) is 5.13 Å². The standard InChI is InChI=1S/C20H19N5O2S/c1-12-9-10-25(24-12)16-6-3-14(4-7-16)19(27)23-20-22-17-8-5-15(21-13(2)26)11-18(17)28-20/h3-8,11H,9-10H2,1-2H3,(H,21,26)(H,22,23,27). The summed E-state index contributed by atoms with van der Waals surface area (Å²) < 4.78 is 0.888. The van der Waals surface area contributed by atoms with E-state index in [-0.39, 0.29) is 11.8 Å². The second-order valence-corrected chi connectivity index (χ2v) is 7.62. The number of nitrogens with one attached hydrogen (secondary N) is 2. The van der Waals surface area contributed by atoms with E-state index in [1.807, 2.05) is 36.2 Å². The van der Waals surface area contributed by atoms with Gasteiger partial charge in [-0.3, -0.25) is 19.9 Å². The lowest BCUT2D eigenvalue weighted by Gasteiger charge is -2.13. The molecule has 2 amide bonds. The van der Waals surface area contributed by atoms with Gasteiger partial charge in [-0.1, -0.05) is 11.3 Å². The number of carbonyl (C=O) groups excluding carboxylic acids is 2. The van der Waals surface area contributed by atoms with Gasteiger partial charge in [0.25, 0.3) is 5.91 Å². The van der Waals surface area contributed by atoms with Crippen LogP contribution in [0.2, 0.25) is 0 Å². The number of benzene rings is 2. The van der Waals surface area contributed by atoms with Crippen LogP contribution in [0.15, 0.2) is 47.6 Å². The van der Waals surface area contributed by atoms with Crippen LogP contribution in [-0.2, 0) is 4.79 Å². The van der Waals surface area contributed by atoms with Crippen molar-refractivity contribution >= 4 is 55.6 Å². The van der Waals surface area contributed by atoms with Crippen LogP contribution in [0.1, 0.15) is 30.6 Å². The third kappa shape index (κ3) is 3.86. The summed E-state index contributed by atoms with van der Waals surface area (Å²) in [6.07, 6.45) is 0.962. The lowest BCUT2D eigenvalue weighted by molar-refractivity contribution is -0.114. The van der Waals surface area contributed by atoms with Gasteiger partial charge in [0, 0.05) is 36.9 Å². The van der Waals surface area contributed by atoms with Gasteiger partial charge in [0.05, 0.1) is 15.9 Å². The Bertz CT molecular complexity index is 1090. The maximum absolute atomic E-state index is 12.5. The minimum absolute atomic E-state index is 0.129. The van der Waals surface area contributed by atoms with E-state index >= 15 is 0 Å². The number of carbonyl (C=O) groups is 2. The van der Waals surface area contributed by atoms with Gasteiger partial charge in [-0.05, 0) is 49.4 Å². The Morgan fingerprint density at radius 1 is 1.11 bits per heavy atom. The molecule has 2 heterocycles. The number of hydrazone groups is 1. The summed E-state index contributed by atoms with van der Waals surface area (Å²) >= 11 is 1.36.